The Morgan fingerprint density at radius 2 is 1.60 bits per heavy atom. The third-order valence-corrected chi connectivity index (χ3v) is 6.16. The molecule has 182 valence electrons. The number of alkyl carbamates (subject to hydrolysis) is 1. The van der Waals surface area contributed by atoms with Crippen LogP contribution in [0.4, 0.5) is 4.79 Å². The molecule has 3 aromatic rings. The first-order chi connectivity index (χ1) is 16.9. The first-order valence-electron chi connectivity index (χ1n) is 11.2. The van der Waals surface area contributed by atoms with Crippen molar-refractivity contribution in [2.75, 3.05) is 20.3 Å². The maximum atomic E-state index is 12.3. The van der Waals surface area contributed by atoms with Gasteiger partial charge in [0, 0.05) is 18.0 Å². The Kier molecular flexibility index (Phi) is 7.33. The number of carbonyl (C=O) groups is 2. The van der Waals surface area contributed by atoms with E-state index < -0.39 is 24.3 Å². The van der Waals surface area contributed by atoms with E-state index in [1.54, 1.807) is 0 Å². The van der Waals surface area contributed by atoms with Crippen molar-refractivity contribution in [3.05, 3.63) is 89.0 Å². The molecule has 4 rings (SSSR count). The molecule has 2 unspecified atom stereocenters. The fourth-order valence-corrected chi connectivity index (χ4v) is 4.43. The van der Waals surface area contributed by atoms with Crippen LogP contribution >= 0.6 is 0 Å². The zero-order chi connectivity index (χ0) is 24.9. The second-order valence-corrected chi connectivity index (χ2v) is 8.36. The van der Waals surface area contributed by atoms with Gasteiger partial charge in [-0.1, -0.05) is 60.7 Å². The first-order valence-corrected chi connectivity index (χ1v) is 11.2. The summed E-state index contributed by atoms with van der Waals surface area (Å²) in [6.45, 7) is -0.0994. The van der Waals surface area contributed by atoms with Gasteiger partial charge in [-0.2, -0.15) is 0 Å². The van der Waals surface area contributed by atoms with E-state index in [9.17, 15) is 19.8 Å². The number of carboxylic acids is 1. The van der Waals surface area contributed by atoms with Gasteiger partial charge < -0.3 is 30.1 Å². The zero-order valence-corrected chi connectivity index (χ0v) is 19.2. The fourth-order valence-electron chi connectivity index (χ4n) is 4.43. The third-order valence-electron chi connectivity index (χ3n) is 6.16. The lowest BCUT2D eigenvalue weighted by atomic mass is 9.98. The molecule has 1 amide bonds. The molecule has 1 aliphatic rings. The number of nitrogens with one attached hydrogen (secondary N) is 1. The van der Waals surface area contributed by atoms with Gasteiger partial charge >= 0.3 is 12.1 Å². The van der Waals surface area contributed by atoms with Crippen molar-refractivity contribution in [1.82, 2.24) is 5.32 Å². The van der Waals surface area contributed by atoms with E-state index in [0.717, 1.165) is 22.3 Å². The standard InChI is InChI=1S/C27H27NO7/c1-34-24-12-17(11-10-16(24)13-25(30)31)26(32)23(29)14-28-27(33)35-15-22-20-8-4-2-6-18(20)19-7-3-5-9-21(19)22/h2-12,22-23,26,29,32H,13-15H2,1H3,(H,28,33)(H,30,31). The van der Waals surface area contributed by atoms with Crippen molar-refractivity contribution in [3.63, 3.8) is 0 Å². The lowest BCUT2D eigenvalue weighted by molar-refractivity contribution is -0.136. The summed E-state index contributed by atoms with van der Waals surface area (Å²) in [4.78, 5) is 23.3. The van der Waals surface area contributed by atoms with Crippen molar-refractivity contribution in [2.24, 2.45) is 0 Å². The predicted molar refractivity (Wildman–Crippen MR) is 128 cm³/mol. The maximum Gasteiger partial charge on any atom is 0.407 e. The molecular weight excluding hydrogens is 450 g/mol. The number of hydrogen-bond donors (Lipinski definition) is 4. The van der Waals surface area contributed by atoms with Gasteiger partial charge in [-0.05, 0) is 33.9 Å². The average molecular weight is 478 g/mol. The molecule has 0 saturated heterocycles. The summed E-state index contributed by atoms with van der Waals surface area (Å²) < 4.78 is 10.6. The fraction of sp³-hybridized carbons (Fsp3) is 0.259. The Morgan fingerprint density at radius 3 is 2.20 bits per heavy atom. The van der Waals surface area contributed by atoms with Crippen LogP contribution in [-0.2, 0) is 16.0 Å². The van der Waals surface area contributed by atoms with Gasteiger partial charge in [-0.3, -0.25) is 4.79 Å². The van der Waals surface area contributed by atoms with Crippen LogP contribution in [0.25, 0.3) is 11.1 Å². The Hall–Kier alpha value is -3.88. The molecule has 1 aliphatic carbocycles. The molecule has 0 spiro atoms. The second kappa shape index (κ2) is 10.6. The van der Waals surface area contributed by atoms with Crippen molar-refractivity contribution in [1.29, 1.82) is 0 Å². The van der Waals surface area contributed by atoms with E-state index in [0.29, 0.717) is 16.9 Å². The number of hydrogen-bond acceptors (Lipinski definition) is 6. The molecule has 4 N–H and O–H groups in total. The summed E-state index contributed by atoms with van der Waals surface area (Å²) in [6, 6.07) is 20.5. The highest BCUT2D eigenvalue weighted by Gasteiger charge is 2.29. The van der Waals surface area contributed by atoms with E-state index in [2.05, 4.69) is 17.4 Å². The Morgan fingerprint density at radius 1 is 0.971 bits per heavy atom. The lowest BCUT2D eigenvalue weighted by Gasteiger charge is -2.20. The molecule has 0 aliphatic heterocycles. The Bertz CT molecular complexity index is 1180. The molecule has 8 nitrogen and oxygen atoms in total. The van der Waals surface area contributed by atoms with Gasteiger partial charge in [0.05, 0.1) is 13.5 Å². The Balaban J connectivity index is 1.33. The van der Waals surface area contributed by atoms with Crippen molar-refractivity contribution >= 4 is 12.1 Å². The minimum Gasteiger partial charge on any atom is -0.496 e. The SMILES string of the molecule is COc1cc(C(O)C(O)CNC(=O)OCC2c3ccccc3-c3ccccc32)ccc1CC(=O)O. The number of aliphatic hydroxyl groups is 2. The summed E-state index contributed by atoms with van der Waals surface area (Å²) >= 11 is 0. The number of fused-ring (bicyclic) bond motifs is 3. The van der Waals surface area contributed by atoms with Gasteiger partial charge in [-0.15, -0.1) is 0 Å². The number of carbonyl (C=O) groups excluding carboxylic acids is 1. The molecule has 0 bridgehead atoms. The van der Waals surface area contributed by atoms with Crippen LogP contribution < -0.4 is 10.1 Å². The molecule has 2 atom stereocenters. The number of rotatable bonds is 9. The van der Waals surface area contributed by atoms with Crippen LogP contribution in [0.1, 0.15) is 34.3 Å². The van der Waals surface area contributed by atoms with E-state index >= 15 is 0 Å². The molecular formula is C27H27NO7. The van der Waals surface area contributed by atoms with E-state index in [4.69, 9.17) is 14.6 Å². The van der Waals surface area contributed by atoms with Gasteiger partial charge in [0.1, 0.15) is 24.6 Å². The van der Waals surface area contributed by atoms with Crippen molar-refractivity contribution in [3.8, 4) is 16.9 Å². The first kappa shape index (κ1) is 24.3. The lowest BCUT2D eigenvalue weighted by Crippen LogP contribution is -2.36. The van der Waals surface area contributed by atoms with Gasteiger partial charge in [0.2, 0.25) is 0 Å². The third kappa shape index (κ3) is 5.29. The maximum absolute atomic E-state index is 12.3. The van der Waals surface area contributed by atoms with Crippen LogP contribution in [0.2, 0.25) is 0 Å². The molecule has 0 heterocycles. The highest BCUT2D eigenvalue weighted by Crippen LogP contribution is 2.44. The van der Waals surface area contributed by atoms with Crippen LogP contribution in [0.3, 0.4) is 0 Å². The molecule has 3 aromatic carbocycles. The molecule has 0 aromatic heterocycles. The highest BCUT2D eigenvalue weighted by atomic mass is 16.5. The van der Waals surface area contributed by atoms with Crippen LogP contribution in [0.5, 0.6) is 5.75 Å². The summed E-state index contributed by atoms with van der Waals surface area (Å²) in [7, 11) is 1.39. The minimum absolute atomic E-state index is 0.0829. The van der Waals surface area contributed by atoms with Crippen molar-refractivity contribution < 1.29 is 34.4 Å². The minimum atomic E-state index is -1.32. The molecule has 0 saturated carbocycles. The van der Waals surface area contributed by atoms with Gasteiger partial charge in [0.25, 0.3) is 0 Å². The smallest absolute Gasteiger partial charge is 0.407 e. The van der Waals surface area contributed by atoms with Crippen molar-refractivity contribution in [2.45, 2.75) is 24.5 Å². The number of aliphatic hydroxyl groups excluding tert-OH is 2. The van der Waals surface area contributed by atoms with Gasteiger partial charge in [0.15, 0.2) is 0 Å². The van der Waals surface area contributed by atoms with E-state index in [-0.39, 0.29) is 25.5 Å². The summed E-state index contributed by atoms with van der Waals surface area (Å²) in [6.07, 6.45) is -3.57. The number of amides is 1. The number of benzene rings is 3. The normalized spacial score (nSPS) is 13.9. The topological polar surface area (TPSA) is 125 Å². The highest BCUT2D eigenvalue weighted by molar-refractivity contribution is 5.79. The summed E-state index contributed by atoms with van der Waals surface area (Å²) in [5.41, 5.74) is 5.22. The second-order valence-electron chi connectivity index (χ2n) is 8.36. The largest absolute Gasteiger partial charge is 0.496 e. The summed E-state index contributed by atoms with van der Waals surface area (Å²) in [5, 5.41) is 32.4. The zero-order valence-electron chi connectivity index (χ0n) is 19.2. The van der Waals surface area contributed by atoms with Crippen LogP contribution in [0.15, 0.2) is 66.7 Å². The molecule has 0 fully saturated rings. The number of aliphatic carboxylic acids is 1. The quantitative estimate of drug-likeness (QED) is 0.373. The van der Waals surface area contributed by atoms with Crippen LogP contribution in [-0.4, -0.2) is 53.7 Å². The average Bonchev–Trinajstić information content (AvgIpc) is 3.19. The van der Waals surface area contributed by atoms with E-state index in [1.165, 1.54) is 25.3 Å². The molecule has 8 heteroatoms. The van der Waals surface area contributed by atoms with E-state index in [1.807, 2.05) is 36.4 Å². The molecule has 0 radical (unpaired) electrons. The molecule has 35 heavy (non-hydrogen) atoms. The van der Waals surface area contributed by atoms with Crippen LogP contribution in [0, 0.1) is 0 Å². The predicted octanol–water partition coefficient (Wildman–Crippen LogP) is 3.26. The number of ether oxygens (including phenoxy) is 2. The van der Waals surface area contributed by atoms with Gasteiger partial charge in [-0.25, -0.2) is 4.79 Å². The monoisotopic (exact) mass is 477 g/mol. The Labute approximate surface area is 202 Å². The summed E-state index contributed by atoms with van der Waals surface area (Å²) in [5.74, 6) is -0.801. The number of methoxy groups -OCH3 is 1. The number of carboxylic acid groups (broad SMARTS) is 1.